The Morgan fingerprint density at radius 2 is 1.45 bits per heavy atom. The summed E-state index contributed by atoms with van der Waals surface area (Å²) >= 11 is 0. The molecule has 0 saturated carbocycles. The van der Waals surface area contributed by atoms with Gasteiger partial charge in [0.05, 0.1) is 11.3 Å². The number of hydrogen-bond donors (Lipinski definition) is 0. The molecule has 4 nitrogen and oxygen atoms in total. The van der Waals surface area contributed by atoms with Crippen molar-refractivity contribution in [2.45, 2.75) is 27.2 Å². The van der Waals surface area contributed by atoms with Crippen molar-refractivity contribution in [1.29, 1.82) is 0 Å². The van der Waals surface area contributed by atoms with Gasteiger partial charge >= 0.3 is 0 Å². The zero-order valence-corrected chi connectivity index (χ0v) is 18.0. The van der Waals surface area contributed by atoms with Gasteiger partial charge in [-0.25, -0.2) is 4.90 Å². The van der Waals surface area contributed by atoms with Crippen molar-refractivity contribution in [2.75, 3.05) is 16.3 Å². The van der Waals surface area contributed by atoms with Gasteiger partial charge in [0.2, 0.25) is 0 Å². The number of carbonyl (C=O) groups is 2. The highest BCUT2D eigenvalue weighted by Gasteiger charge is 2.44. The highest BCUT2D eigenvalue weighted by Crippen LogP contribution is 2.40. The van der Waals surface area contributed by atoms with Gasteiger partial charge < -0.3 is 4.90 Å². The largest absolute Gasteiger partial charge is 0.336 e. The van der Waals surface area contributed by atoms with Crippen LogP contribution in [0.1, 0.15) is 27.8 Å². The van der Waals surface area contributed by atoms with E-state index in [1.165, 1.54) is 10.5 Å². The monoisotopic (exact) mass is 408 g/mol. The van der Waals surface area contributed by atoms with Crippen LogP contribution in [0.3, 0.4) is 0 Å². The summed E-state index contributed by atoms with van der Waals surface area (Å²) in [5, 5.41) is 0. The van der Waals surface area contributed by atoms with Gasteiger partial charge in [-0.1, -0.05) is 60.2 Å². The molecule has 0 N–H and O–H groups in total. The van der Waals surface area contributed by atoms with Crippen LogP contribution in [0.15, 0.2) is 72.4 Å². The fraction of sp³-hybridized carbons (Fsp3) is 0.185. The Hall–Kier alpha value is -3.66. The Balaban J connectivity index is 1.71. The van der Waals surface area contributed by atoms with Crippen molar-refractivity contribution in [1.82, 2.24) is 0 Å². The minimum atomic E-state index is -0.262. The molecule has 0 aromatic heterocycles. The number of rotatable bonds is 3. The maximum atomic E-state index is 13.8. The van der Waals surface area contributed by atoms with Gasteiger partial charge in [-0.3, -0.25) is 9.59 Å². The van der Waals surface area contributed by atoms with Gasteiger partial charge in [0, 0.05) is 12.2 Å². The summed E-state index contributed by atoms with van der Waals surface area (Å²) in [6.07, 6.45) is 0.853. The molecule has 5 rings (SSSR count). The van der Waals surface area contributed by atoms with Gasteiger partial charge in [0.25, 0.3) is 11.8 Å². The zero-order chi connectivity index (χ0) is 21.7. The minimum absolute atomic E-state index is 0.258. The summed E-state index contributed by atoms with van der Waals surface area (Å²) in [5.74, 6) is -0.520. The Bertz CT molecular complexity index is 1250. The minimum Gasteiger partial charge on any atom is -0.336 e. The van der Waals surface area contributed by atoms with Crippen molar-refractivity contribution in [3.05, 3.63) is 100 Å². The van der Waals surface area contributed by atoms with E-state index in [9.17, 15) is 9.59 Å². The lowest BCUT2D eigenvalue weighted by atomic mass is 10.0. The van der Waals surface area contributed by atoms with Crippen LogP contribution in [0.4, 0.5) is 11.4 Å². The molecule has 0 unspecified atom stereocenters. The van der Waals surface area contributed by atoms with Crippen LogP contribution in [0.5, 0.6) is 0 Å². The summed E-state index contributed by atoms with van der Waals surface area (Å²) < 4.78 is 0. The number of para-hydroxylation sites is 1. The van der Waals surface area contributed by atoms with Gasteiger partial charge in [-0.15, -0.1) is 0 Å². The number of aryl methyl sites for hydroxylation is 2. The second kappa shape index (κ2) is 7.24. The molecule has 2 aliphatic heterocycles. The third-order valence-corrected chi connectivity index (χ3v) is 6.37. The Morgan fingerprint density at radius 1 is 0.742 bits per heavy atom. The van der Waals surface area contributed by atoms with E-state index < -0.39 is 0 Å². The first-order valence-corrected chi connectivity index (χ1v) is 10.6. The molecule has 0 aliphatic carbocycles. The first-order chi connectivity index (χ1) is 15.0. The standard InChI is InChI=1S/C27H24N2O2/c1-17-11-13-21(14-12-17)24-25(28-16-15-20-8-4-5-9-23(20)28)27(31)29(26(24)30)22-10-6-7-18(2)19(22)3/h4-14H,15-16H2,1-3H3. The predicted molar refractivity (Wildman–Crippen MR) is 124 cm³/mol. The summed E-state index contributed by atoms with van der Waals surface area (Å²) in [4.78, 5) is 31.0. The molecule has 4 heteroatoms. The summed E-state index contributed by atoms with van der Waals surface area (Å²) in [5.41, 5.74) is 7.68. The van der Waals surface area contributed by atoms with Gasteiger partial charge in [-0.2, -0.15) is 0 Å². The van der Waals surface area contributed by atoms with Crippen molar-refractivity contribution in [3.8, 4) is 0 Å². The molecule has 0 fully saturated rings. The van der Waals surface area contributed by atoms with E-state index in [1.807, 2.05) is 86.3 Å². The molecule has 2 amide bonds. The second-order valence-corrected chi connectivity index (χ2v) is 8.28. The van der Waals surface area contributed by atoms with Crippen molar-refractivity contribution < 1.29 is 9.59 Å². The lowest BCUT2D eigenvalue weighted by Gasteiger charge is -2.22. The van der Waals surface area contributed by atoms with E-state index in [0.717, 1.165) is 34.4 Å². The molecule has 0 saturated heterocycles. The number of benzene rings is 3. The maximum Gasteiger partial charge on any atom is 0.282 e. The van der Waals surface area contributed by atoms with Crippen LogP contribution < -0.4 is 9.80 Å². The van der Waals surface area contributed by atoms with E-state index in [-0.39, 0.29) is 11.8 Å². The average molecular weight is 409 g/mol. The van der Waals surface area contributed by atoms with Gasteiger partial charge in [-0.05, 0) is 61.6 Å². The summed E-state index contributed by atoms with van der Waals surface area (Å²) in [6.45, 7) is 6.65. The fourth-order valence-corrected chi connectivity index (χ4v) is 4.52. The van der Waals surface area contributed by atoms with Crippen molar-refractivity contribution in [2.24, 2.45) is 0 Å². The molecular formula is C27H24N2O2. The number of anilines is 2. The highest BCUT2D eigenvalue weighted by molar-refractivity contribution is 6.46. The number of fused-ring (bicyclic) bond motifs is 1. The molecule has 3 aromatic rings. The SMILES string of the molecule is Cc1ccc(C2=C(N3CCc4ccccc43)C(=O)N(c3cccc(C)c3C)C2=O)cc1. The van der Waals surface area contributed by atoms with Crippen LogP contribution in [-0.2, 0) is 16.0 Å². The average Bonchev–Trinajstić information content (AvgIpc) is 3.29. The van der Waals surface area contributed by atoms with Crippen molar-refractivity contribution >= 4 is 28.8 Å². The van der Waals surface area contributed by atoms with E-state index in [4.69, 9.17) is 0 Å². The van der Waals surface area contributed by atoms with Gasteiger partial charge in [0.1, 0.15) is 5.70 Å². The quantitative estimate of drug-likeness (QED) is 0.575. The first-order valence-electron chi connectivity index (χ1n) is 10.6. The number of imide groups is 1. The molecule has 0 spiro atoms. The Kier molecular flexibility index (Phi) is 4.51. The number of amides is 2. The highest BCUT2D eigenvalue weighted by atomic mass is 16.2. The van der Waals surface area contributed by atoms with Crippen LogP contribution in [0, 0.1) is 20.8 Å². The van der Waals surface area contributed by atoms with Crippen LogP contribution in [-0.4, -0.2) is 18.4 Å². The van der Waals surface area contributed by atoms with E-state index in [2.05, 4.69) is 6.07 Å². The lowest BCUT2D eigenvalue weighted by Crippen LogP contribution is -2.35. The second-order valence-electron chi connectivity index (χ2n) is 8.28. The molecule has 0 bridgehead atoms. The molecule has 2 heterocycles. The Labute approximate surface area is 182 Å². The summed E-state index contributed by atoms with van der Waals surface area (Å²) in [7, 11) is 0. The normalized spacial score (nSPS) is 15.8. The van der Waals surface area contributed by atoms with Gasteiger partial charge in [0.15, 0.2) is 0 Å². The topological polar surface area (TPSA) is 40.6 Å². The Morgan fingerprint density at radius 3 is 2.23 bits per heavy atom. The fourth-order valence-electron chi connectivity index (χ4n) is 4.52. The van der Waals surface area contributed by atoms with Crippen LogP contribution >= 0.6 is 0 Å². The molecule has 0 radical (unpaired) electrons. The maximum absolute atomic E-state index is 13.8. The molecule has 31 heavy (non-hydrogen) atoms. The van der Waals surface area contributed by atoms with Crippen molar-refractivity contribution in [3.63, 3.8) is 0 Å². The molecule has 0 atom stereocenters. The molecule has 154 valence electrons. The smallest absolute Gasteiger partial charge is 0.282 e. The molecule has 3 aromatic carbocycles. The molecule has 2 aliphatic rings. The number of nitrogens with zero attached hydrogens (tertiary/aromatic N) is 2. The zero-order valence-electron chi connectivity index (χ0n) is 18.0. The van der Waals surface area contributed by atoms with E-state index in [1.54, 1.807) is 0 Å². The van der Waals surface area contributed by atoms with E-state index in [0.29, 0.717) is 23.5 Å². The van der Waals surface area contributed by atoms with E-state index >= 15 is 0 Å². The predicted octanol–water partition coefficient (Wildman–Crippen LogP) is 4.96. The number of hydrogen-bond acceptors (Lipinski definition) is 3. The van der Waals surface area contributed by atoms with Crippen LogP contribution in [0.25, 0.3) is 5.57 Å². The number of carbonyl (C=O) groups excluding carboxylic acids is 2. The third kappa shape index (κ3) is 2.98. The first kappa shape index (κ1) is 19.3. The lowest BCUT2D eigenvalue weighted by molar-refractivity contribution is -0.120. The van der Waals surface area contributed by atoms with Crippen LogP contribution in [0.2, 0.25) is 0 Å². The molecular weight excluding hydrogens is 384 g/mol. The summed E-state index contributed by atoms with van der Waals surface area (Å²) in [6, 6.07) is 21.7. The third-order valence-electron chi connectivity index (χ3n) is 6.37.